The highest BCUT2D eigenvalue weighted by atomic mass is 31.1. The Morgan fingerprint density at radius 1 is 0.889 bits per heavy atom. The highest BCUT2D eigenvalue weighted by molar-refractivity contribution is 7.74. The fraction of sp³-hybridized carbons (Fsp3) is 0.250. The van der Waals surface area contributed by atoms with E-state index in [2.05, 4.69) is 74.5 Å². The molecule has 0 bridgehead atoms. The summed E-state index contributed by atoms with van der Waals surface area (Å²) in [6, 6.07) is 21.3. The van der Waals surface area contributed by atoms with Gasteiger partial charge in [0.2, 0.25) is 0 Å². The molecule has 2 N–H and O–H groups in total. The van der Waals surface area contributed by atoms with Gasteiger partial charge in [-0.25, -0.2) is 0 Å². The van der Waals surface area contributed by atoms with Gasteiger partial charge in [0.05, 0.1) is 0 Å². The standard InChI is InChI=1S/C16H20NP/c1-3-16(2,17)18(14-10-6-4-7-11-14)15-12-8-5-9-13-15/h4-13H,3,17H2,1-2H3. The monoisotopic (exact) mass is 257 g/mol. The molecule has 2 aromatic carbocycles. The molecule has 0 aliphatic rings. The number of rotatable bonds is 4. The van der Waals surface area contributed by atoms with Crippen molar-refractivity contribution in [1.29, 1.82) is 0 Å². The van der Waals surface area contributed by atoms with Crippen LogP contribution in [0.1, 0.15) is 20.3 Å². The van der Waals surface area contributed by atoms with Crippen molar-refractivity contribution >= 4 is 18.5 Å². The normalized spacial score (nSPS) is 14.4. The summed E-state index contributed by atoms with van der Waals surface area (Å²) in [7, 11) is -0.516. The lowest BCUT2D eigenvalue weighted by molar-refractivity contribution is 0.643. The average Bonchev–Trinajstić information content (AvgIpc) is 2.41. The third-order valence-corrected chi connectivity index (χ3v) is 6.22. The highest BCUT2D eigenvalue weighted by Crippen LogP contribution is 2.46. The second kappa shape index (κ2) is 5.65. The van der Waals surface area contributed by atoms with Gasteiger partial charge in [0.15, 0.2) is 0 Å². The van der Waals surface area contributed by atoms with Crippen LogP contribution < -0.4 is 16.3 Å². The summed E-state index contributed by atoms with van der Waals surface area (Å²) in [5.74, 6) is 0. The predicted octanol–water partition coefficient (Wildman–Crippen LogP) is 3.20. The van der Waals surface area contributed by atoms with E-state index in [9.17, 15) is 0 Å². The first-order valence-corrected chi connectivity index (χ1v) is 7.68. The second-order valence-corrected chi connectivity index (χ2v) is 7.44. The molecule has 1 unspecified atom stereocenters. The van der Waals surface area contributed by atoms with Crippen molar-refractivity contribution < 1.29 is 0 Å². The molecule has 0 aliphatic carbocycles. The van der Waals surface area contributed by atoms with Crippen LogP contribution in [0.5, 0.6) is 0 Å². The minimum atomic E-state index is -0.516. The maximum Gasteiger partial charge on any atom is 0.0407 e. The number of hydrogen-bond acceptors (Lipinski definition) is 1. The average molecular weight is 257 g/mol. The Bertz CT molecular complexity index is 439. The summed E-state index contributed by atoms with van der Waals surface area (Å²) in [6.07, 6.45) is 0.975. The third-order valence-electron chi connectivity index (χ3n) is 3.26. The molecule has 2 heteroatoms. The van der Waals surface area contributed by atoms with Crippen LogP contribution in [-0.4, -0.2) is 5.28 Å². The van der Waals surface area contributed by atoms with Crippen molar-refractivity contribution in [3.8, 4) is 0 Å². The quantitative estimate of drug-likeness (QED) is 0.836. The van der Waals surface area contributed by atoms with Crippen LogP contribution in [0.15, 0.2) is 60.7 Å². The molecule has 0 saturated carbocycles. The predicted molar refractivity (Wildman–Crippen MR) is 82.0 cm³/mol. The van der Waals surface area contributed by atoms with Crippen molar-refractivity contribution in [1.82, 2.24) is 0 Å². The minimum absolute atomic E-state index is 0.169. The molecule has 0 spiro atoms. The molecular weight excluding hydrogens is 237 g/mol. The van der Waals surface area contributed by atoms with Gasteiger partial charge in [-0.15, -0.1) is 0 Å². The topological polar surface area (TPSA) is 26.0 Å². The van der Waals surface area contributed by atoms with Crippen molar-refractivity contribution in [3.63, 3.8) is 0 Å². The first-order chi connectivity index (χ1) is 8.65. The summed E-state index contributed by atoms with van der Waals surface area (Å²) in [5.41, 5.74) is 6.55. The molecule has 0 fully saturated rings. The molecule has 1 nitrogen and oxygen atoms in total. The molecule has 2 rings (SSSR count). The van der Waals surface area contributed by atoms with Gasteiger partial charge in [0.1, 0.15) is 0 Å². The van der Waals surface area contributed by atoms with Gasteiger partial charge in [-0.1, -0.05) is 67.6 Å². The van der Waals surface area contributed by atoms with E-state index >= 15 is 0 Å². The van der Waals surface area contributed by atoms with E-state index in [0.717, 1.165) is 6.42 Å². The second-order valence-electron chi connectivity index (χ2n) is 4.72. The van der Waals surface area contributed by atoms with Gasteiger partial charge in [0, 0.05) is 5.28 Å². The summed E-state index contributed by atoms with van der Waals surface area (Å²) in [5, 5.41) is 2.54. The molecule has 0 saturated heterocycles. The maximum absolute atomic E-state index is 6.55. The zero-order valence-electron chi connectivity index (χ0n) is 11.0. The van der Waals surface area contributed by atoms with Crippen molar-refractivity contribution in [2.45, 2.75) is 25.5 Å². The molecule has 0 aromatic heterocycles. The minimum Gasteiger partial charge on any atom is -0.321 e. The SMILES string of the molecule is CCC(C)(N)P(c1ccccc1)c1ccccc1. The van der Waals surface area contributed by atoms with E-state index in [4.69, 9.17) is 5.73 Å². The van der Waals surface area contributed by atoms with E-state index < -0.39 is 7.92 Å². The van der Waals surface area contributed by atoms with Crippen LogP contribution in [0.4, 0.5) is 0 Å². The van der Waals surface area contributed by atoms with Crippen LogP contribution in [0.3, 0.4) is 0 Å². The van der Waals surface area contributed by atoms with Crippen molar-refractivity contribution in [2.24, 2.45) is 5.73 Å². The van der Waals surface area contributed by atoms with Gasteiger partial charge >= 0.3 is 0 Å². The summed E-state index contributed by atoms with van der Waals surface area (Å²) < 4.78 is 0. The largest absolute Gasteiger partial charge is 0.321 e. The van der Waals surface area contributed by atoms with E-state index in [0.29, 0.717) is 0 Å². The maximum atomic E-state index is 6.55. The first kappa shape index (κ1) is 13.3. The first-order valence-electron chi connectivity index (χ1n) is 6.34. The van der Waals surface area contributed by atoms with Crippen LogP contribution in [0, 0.1) is 0 Å². The number of nitrogens with two attached hydrogens (primary N) is 1. The van der Waals surface area contributed by atoms with Gasteiger partial charge < -0.3 is 5.73 Å². The zero-order valence-corrected chi connectivity index (χ0v) is 11.9. The lowest BCUT2D eigenvalue weighted by Crippen LogP contribution is -2.39. The molecule has 2 aromatic rings. The van der Waals surface area contributed by atoms with Crippen molar-refractivity contribution in [2.75, 3.05) is 0 Å². The Labute approximate surface area is 111 Å². The third kappa shape index (κ3) is 2.80. The van der Waals surface area contributed by atoms with Crippen LogP contribution in [-0.2, 0) is 0 Å². The molecule has 1 atom stereocenters. The van der Waals surface area contributed by atoms with Gasteiger partial charge in [-0.3, -0.25) is 0 Å². The molecule has 0 amide bonds. The summed E-state index contributed by atoms with van der Waals surface area (Å²) in [4.78, 5) is 0. The fourth-order valence-corrected chi connectivity index (χ4v) is 4.79. The number of hydrogen-bond donors (Lipinski definition) is 1. The molecule has 18 heavy (non-hydrogen) atoms. The van der Waals surface area contributed by atoms with E-state index in [1.807, 2.05) is 0 Å². The molecular formula is C16H20NP. The van der Waals surface area contributed by atoms with E-state index in [1.165, 1.54) is 10.6 Å². The van der Waals surface area contributed by atoms with Gasteiger partial charge in [-0.2, -0.15) is 0 Å². The molecule has 0 radical (unpaired) electrons. The zero-order chi connectivity index (χ0) is 13.0. The Balaban J connectivity index is 2.49. The number of benzene rings is 2. The summed E-state index contributed by atoms with van der Waals surface area (Å²) >= 11 is 0. The Kier molecular flexibility index (Phi) is 4.16. The molecule has 0 aliphatic heterocycles. The Morgan fingerprint density at radius 3 is 1.61 bits per heavy atom. The van der Waals surface area contributed by atoms with Crippen molar-refractivity contribution in [3.05, 3.63) is 60.7 Å². The Hall–Kier alpha value is -1.17. The van der Waals surface area contributed by atoms with Crippen LogP contribution >= 0.6 is 7.92 Å². The van der Waals surface area contributed by atoms with Gasteiger partial charge in [0.25, 0.3) is 0 Å². The van der Waals surface area contributed by atoms with Crippen LogP contribution in [0.2, 0.25) is 0 Å². The van der Waals surface area contributed by atoms with E-state index in [1.54, 1.807) is 0 Å². The summed E-state index contributed by atoms with van der Waals surface area (Å²) in [6.45, 7) is 4.33. The molecule has 94 valence electrons. The van der Waals surface area contributed by atoms with Gasteiger partial charge in [-0.05, 0) is 31.9 Å². The lowest BCUT2D eigenvalue weighted by atomic mass is 10.3. The molecule has 0 heterocycles. The smallest absolute Gasteiger partial charge is 0.0407 e. The lowest BCUT2D eigenvalue weighted by Gasteiger charge is -2.34. The highest BCUT2D eigenvalue weighted by Gasteiger charge is 2.30. The fourth-order valence-electron chi connectivity index (χ4n) is 2.05. The Morgan fingerprint density at radius 2 is 1.28 bits per heavy atom. The van der Waals surface area contributed by atoms with E-state index in [-0.39, 0.29) is 5.28 Å². The van der Waals surface area contributed by atoms with Crippen LogP contribution in [0.25, 0.3) is 0 Å².